The second-order valence-corrected chi connectivity index (χ2v) is 4.86. The highest BCUT2D eigenvalue weighted by molar-refractivity contribution is 6.00. The van der Waals surface area contributed by atoms with Crippen LogP contribution in [0.4, 0.5) is 14.9 Å². The van der Waals surface area contributed by atoms with Crippen LogP contribution in [0.1, 0.15) is 24.2 Å². The van der Waals surface area contributed by atoms with Gasteiger partial charge in [-0.3, -0.25) is 0 Å². The summed E-state index contributed by atoms with van der Waals surface area (Å²) >= 11 is 0. The van der Waals surface area contributed by atoms with Crippen molar-refractivity contribution in [2.45, 2.75) is 19.4 Å². The normalized spacial score (nSPS) is 11.0. The molecule has 0 unspecified atom stereocenters. The van der Waals surface area contributed by atoms with Crippen molar-refractivity contribution in [2.24, 2.45) is 0 Å². The molecule has 0 aliphatic heterocycles. The fraction of sp³-hybridized carbons (Fsp3) is 0.385. The molecule has 0 atom stereocenters. The van der Waals surface area contributed by atoms with E-state index in [0.29, 0.717) is 0 Å². The number of methoxy groups -OCH3 is 1. The third kappa shape index (κ3) is 4.20. The van der Waals surface area contributed by atoms with E-state index < -0.39 is 28.9 Å². The summed E-state index contributed by atoms with van der Waals surface area (Å²) in [5.74, 6) is -2.36. The molecule has 20 heavy (non-hydrogen) atoms. The van der Waals surface area contributed by atoms with Gasteiger partial charge in [0.1, 0.15) is 11.4 Å². The minimum absolute atomic E-state index is 0.108. The summed E-state index contributed by atoms with van der Waals surface area (Å²) in [6, 6.07) is 3.01. The third-order valence-corrected chi connectivity index (χ3v) is 2.43. The summed E-state index contributed by atoms with van der Waals surface area (Å²) in [6.45, 7) is 3.74. The van der Waals surface area contributed by atoms with Gasteiger partial charge >= 0.3 is 12.0 Å². The third-order valence-electron chi connectivity index (χ3n) is 2.43. The van der Waals surface area contributed by atoms with Gasteiger partial charge in [0, 0.05) is 7.11 Å². The molecule has 0 aliphatic rings. The van der Waals surface area contributed by atoms with Crippen molar-refractivity contribution >= 4 is 17.7 Å². The number of benzene rings is 1. The maximum absolute atomic E-state index is 13.4. The van der Waals surface area contributed by atoms with Crippen LogP contribution in [0.3, 0.4) is 0 Å². The van der Waals surface area contributed by atoms with Gasteiger partial charge in [0.25, 0.3) is 0 Å². The van der Waals surface area contributed by atoms with Crippen LogP contribution >= 0.6 is 0 Å². The number of anilines is 1. The lowest BCUT2D eigenvalue weighted by atomic mass is 10.1. The van der Waals surface area contributed by atoms with Gasteiger partial charge in [-0.05, 0) is 26.0 Å². The van der Waals surface area contributed by atoms with Crippen LogP contribution in [0.25, 0.3) is 0 Å². The van der Waals surface area contributed by atoms with Crippen LogP contribution in [0.15, 0.2) is 18.2 Å². The predicted molar refractivity (Wildman–Crippen MR) is 71.5 cm³/mol. The molecule has 3 N–H and O–H groups in total. The lowest BCUT2D eigenvalue weighted by molar-refractivity contribution is 0.0693. The van der Waals surface area contributed by atoms with E-state index in [9.17, 15) is 14.0 Å². The summed E-state index contributed by atoms with van der Waals surface area (Å²) in [4.78, 5) is 22.8. The Morgan fingerprint density at radius 1 is 1.40 bits per heavy atom. The van der Waals surface area contributed by atoms with Gasteiger partial charge in [0.15, 0.2) is 0 Å². The highest BCUT2D eigenvalue weighted by Gasteiger charge is 2.22. The standard InChI is InChI=1S/C13H17FN2O4/c1-13(2,7-20-3)16-12(19)15-9-6-4-5-8(14)10(9)11(17)18/h4-6H,7H2,1-3H3,(H,17,18)(H2,15,16,19). The van der Waals surface area contributed by atoms with E-state index in [0.717, 1.165) is 6.07 Å². The highest BCUT2D eigenvalue weighted by Crippen LogP contribution is 2.19. The topological polar surface area (TPSA) is 87.7 Å². The highest BCUT2D eigenvalue weighted by atomic mass is 19.1. The van der Waals surface area contributed by atoms with Crippen molar-refractivity contribution < 1.29 is 23.8 Å². The molecular formula is C13H17FN2O4. The Kier molecular flexibility index (Phi) is 5.04. The Morgan fingerprint density at radius 2 is 2.05 bits per heavy atom. The molecule has 1 aromatic carbocycles. The Morgan fingerprint density at radius 3 is 2.60 bits per heavy atom. The second-order valence-electron chi connectivity index (χ2n) is 4.86. The SMILES string of the molecule is COCC(C)(C)NC(=O)Nc1cccc(F)c1C(=O)O. The quantitative estimate of drug-likeness (QED) is 0.772. The smallest absolute Gasteiger partial charge is 0.340 e. The van der Waals surface area contributed by atoms with Crippen LogP contribution in [0.2, 0.25) is 0 Å². The van der Waals surface area contributed by atoms with E-state index in [1.165, 1.54) is 19.2 Å². The van der Waals surface area contributed by atoms with Crippen molar-refractivity contribution in [1.29, 1.82) is 0 Å². The Bertz CT molecular complexity index is 517. The molecule has 2 amide bonds. The number of halogens is 1. The number of rotatable bonds is 5. The zero-order valence-corrected chi connectivity index (χ0v) is 11.5. The Balaban J connectivity index is 2.87. The number of carbonyl (C=O) groups excluding carboxylic acids is 1. The van der Waals surface area contributed by atoms with E-state index >= 15 is 0 Å². The molecule has 1 aromatic rings. The number of aromatic carboxylic acids is 1. The van der Waals surface area contributed by atoms with Gasteiger partial charge in [-0.25, -0.2) is 14.0 Å². The zero-order valence-electron chi connectivity index (χ0n) is 11.5. The van der Waals surface area contributed by atoms with Crippen molar-refractivity contribution in [3.8, 4) is 0 Å². The number of nitrogens with one attached hydrogen (secondary N) is 2. The van der Waals surface area contributed by atoms with E-state index in [-0.39, 0.29) is 12.3 Å². The van der Waals surface area contributed by atoms with E-state index in [1.54, 1.807) is 13.8 Å². The molecule has 0 aliphatic carbocycles. The molecule has 0 bridgehead atoms. The number of ether oxygens (including phenoxy) is 1. The van der Waals surface area contributed by atoms with Crippen LogP contribution in [-0.4, -0.2) is 36.4 Å². The van der Waals surface area contributed by atoms with Crippen molar-refractivity contribution in [1.82, 2.24) is 5.32 Å². The number of carboxylic acids is 1. The minimum Gasteiger partial charge on any atom is -0.478 e. The molecule has 110 valence electrons. The van der Waals surface area contributed by atoms with E-state index in [1.807, 2.05) is 0 Å². The average molecular weight is 284 g/mol. The number of carbonyl (C=O) groups is 2. The maximum Gasteiger partial charge on any atom is 0.340 e. The largest absolute Gasteiger partial charge is 0.478 e. The first-order valence-electron chi connectivity index (χ1n) is 5.87. The Labute approximate surface area is 115 Å². The first-order chi connectivity index (χ1) is 9.26. The van der Waals surface area contributed by atoms with E-state index in [4.69, 9.17) is 9.84 Å². The summed E-state index contributed by atoms with van der Waals surface area (Å²) in [7, 11) is 1.50. The number of hydrogen-bond donors (Lipinski definition) is 3. The Hall–Kier alpha value is -2.15. The van der Waals surface area contributed by atoms with Crippen LogP contribution in [0.5, 0.6) is 0 Å². The summed E-state index contributed by atoms with van der Waals surface area (Å²) < 4.78 is 18.4. The number of carboxylic acid groups (broad SMARTS) is 1. The lowest BCUT2D eigenvalue weighted by Gasteiger charge is -2.25. The number of hydrogen-bond acceptors (Lipinski definition) is 3. The van der Waals surface area contributed by atoms with Crippen molar-refractivity contribution in [3.05, 3.63) is 29.6 Å². The molecular weight excluding hydrogens is 267 g/mol. The molecule has 1 rings (SSSR count). The molecule has 0 saturated heterocycles. The van der Waals surface area contributed by atoms with Crippen molar-refractivity contribution in [3.63, 3.8) is 0 Å². The average Bonchev–Trinajstić information content (AvgIpc) is 2.26. The molecule has 0 saturated carbocycles. The number of urea groups is 1. The molecule has 0 aromatic heterocycles. The van der Waals surface area contributed by atoms with Crippen LogP contribution < -0.4 is 10.6 Å². The van der Waals surface area contributed by atoms with Crippen LogP contribution in [0, 0.1) is 5.82 Å². The number of amides is 2. The molecule has 0 heterocycles. The summed E-state index contributed by atoms with van der Waals surface area (Å²) in [5, 5.41) is 13.9. The molecule has 0 fully saturated rings. The fourth-order valence-corrected chi connectivity index (χ4v) is 1.70. The van der Waals surface area contributed by atoms with Gasteiger partial charge < -0.3 is 20.5 Å². The summed E-state index contributed by atoms with van der Waals surface area (Å²) in [5.41, 5.74) is -1.33. The first-order valence-corrected chi connectivity index (χ1v) is 5.87. The molecule has 6 nitrogen and oxygen atoms in total. The van der Waals surface area contributed by atoms with Gasteiger partial charge in [-0.1, -0.05) is 6.07 Å². The van der Waals surface area contributed by atoms with Gasteiger partial charge in [-0.2, -0.15) is 0 Å². The van der Waals surface area contributed by atoms with E-state index in [2.05, 4.69) is 10.6 Å². The summed E-state index contributed by atoms with van der Waals surface area (Å²) in [6.07, 6.45) is 0. The first kappa shape index (κ1) is 15.9. The molecule has 0 radical (unpaired) electrons. The second kappa shape index (κ2) is 6.33. The van der Waals surface area contributed by atoms with Gasteiger partial charge in [0.05, 0.1) is 17.8 Å². The lowest BCUT2D eigenvalue weighted by Crippen LogP contribution is -2.48. The van der Waals surface area contributed by atoms with Gasteiger partial charge in [-0.15, -0.1) is 0 Å². The molecule has 0 spiro atoms. The monoisotopic (exact) mass is 284 g/mol. The zero-order chi connectivity index (χ0) is 15.3. The fourth-order valence-electron chi connectivity index (χ4n) is 1.70. The van der Waals surface area contributed by atoms with Gasteiger partial charge in [0.2, 0.25) is 0 Å². The molecule has 7 heteroatoms. The maximum atomic E-state index is 13.4. The van der Waals surface area contributed by atoms with Crippen LogP contribution in [-0.2, 0) is 4.74 Å². The minimum atomic E-state index is -1.45. The van der Waals surface area contributed by atoms with Crippen molar-refractivity contribution in [2.75, 3.05) is 19.0 Å². The predicted octanol–water partition coefficient (Wildman–Crippen LogP) is 2.07.